The number of fused-ring (bicyclic) bond motifs is 1. The molecule has 1 heterocycles. The molecule has 1 amide bonds. The highest BCUT2D eigenvalue weighted by atomic mass is 19.1. The quantitative estimate of drug-likeness (QED) is 0.416. The number of amides is 1. The number of anilines is 1. The molecule has 0 atom stereocenters. The highest BCUT2D eigenvalue weighted by Crippen LogP contribution is 2.37. The molecule has 6 heteroatoms. The number of para-hydroxylation sites is 1. The van der Waals surface area contributed by atoms with E-state index in [0.717, 1.165) is 24.1 Å². The second kappa shape index (κ2) is 11.0. The van der Waals surface area contributed by atoms with Crippen molar-refractivity contribution in [3.63, 3.8) is 0 Å². The van der Waals surface area contributed by atoms with E-state index in [4.69, 9.17) is 9.47 Å². The molecule has 1 aliphatic rings. The van der Waals surface area contributed by atoms with Gasteiger partial charge in [-0.2, -0.15) is 0 Å². The zero-order valence-electron chi connectivity index (χ0n) is 19.3. The van der Waals surface area contributed by atoms with Crippen molar-refractivity contribution in [2.45, 2.75) is 39.2 Å². The highest BCUT2D eigenvalue weighted by molar-refractivity contribution is 6.07. The van der Waals surface area contributed by atoms with Crippen LogP contribution in [0.2, 0.25) is 0 Å². The molecular weight excluding hydrogens is 433 g/mol. The SMILES string of the molecule is CCOC(=O)CCc1ccc(COc2cccc3c2N(C(=O)c2ccccc2)CCC3)cc1F. The molecular formula is C28H28FNO4. The van der Waals surface area contributed by atoms with E-state index in [1.54, 1.807) is 24.0 Å². The lowest BCUT2D eigenvalue weighted by Crippen LogP contribution is -2.35. The van der Waals surface area contributed by atoms with Crippen LogP contribution in [0.1, 0.15) is 46.8 Å². The topological polar surface area (TPSA) is 55.8 Å². The molecule has 5 nitrogen and oxygen atoms in total. The number of rotatable bonds is 8. The predicted molar refractivity (Wildman–Crippen MR) is 129 cm³/mol. The molecule has 0 aromatic heterocycles. The minimum absolute atomic E-state index is 0.0606. The maximum absolute atomic E-state index is 14.6. The zero-order chi connectivity index (χ0) is 23.9. The molecule has 176 valence electrons. The van der Waals surface area contributed by atoms with Crippen molar-refractivity contribution in [3.8, 4) is 5.75 Å². The summed E-state index contributed by atoms with van der Waals surface area (Å²) in [6, 6.07) is 19.9. The number of carbonyl (C=O) groups excluding carboxylic acids is 2. The van der Waals surface area contributed by atoms with Gasteiger partial charge >= 0.3 is 5.97 Å². The first-order valence-electron chi connectivity index (χ1n) is 11.6. The monoisotopic (exact) mass is 461 g/mol. The number of hydrogen-bond acceptors (Lipinski definition) is 4. The molecule has 3 aromatic carbocycles. The van der Waals surface area contributed by atoms with Crippen molar-refractivity contribution < 1.29 is 23.5 Å². The van der Waals surface area contributed by atoms with E-state index >= 15 is 0 Å². The van der Waals surface area contributed by atoms with Gasteiger partial charge in [0.2, 0.25) is 0 Å². The van der Waals surface area contributed by atoms with Crippen LogP contribution in [-0.2, 0) is 29.0 Å². The van der Waals surface area contributed by atoms with Crippen molar-refractivity contribution in [2.24, 2.45) is 0 Å². The van der Waals surface area contributed by atoms with Gasteiger partial charge in [-0.1, -0.05) is 42.5 Å². The lowest BCUT2D eigenvalue weighted by atomic mass is 10.00. The molecule has 0 unspecified atom stereocenters. The average Bonchev–Trinajstić information content (AvgIpc) is 2.86. The molecule has 0 N–H and O–H groups in total. The Labute approximate surface area is 199 Å². The lowest BCUT2D eigenvalue weighted by Gasteiger charge is -2.31. The molecule has 1 aliphatic heterocycles. The van der Waals surface area contributed by atoms with Gasteiger partial charge in [0.25, 0.3) is 5.91 Å². The van der Waals surface area contributed by atoms with Crippen LogP contribution in [0.3, 0.4) is 0 Å². The summed E-state index contributed by atoms with van der Waals surface area (Å²) < 4.78 is 25.6. The Morgan fingerprint density at radius 1 is 1.03 bits per heavy atom. The molecule has 0 bridgehead atoms. The first-order valence-corrected chi connectivity index (χ1v) is 11.6. The van der Waals surface area contributed by atoms with Crippen molar-refractivity contribution in [3.05, 3.63) is 94.8 Å². The Morgan fingerprint density at radius 3 is 2.62 bits per heavy atom. The standard InChI is InChI=1S/C28H28FNO4/c1-2-33-26(31)16-15-21-14-13-20(18-24(21)29)19-34-25-12-6-10-22-11-7-17-30(27(22)25)28(32)23-8-4-3-5-9-23/h3-6,8-10,12-14,18H,2,7,11,15-17,19H2,1H3. The third kappa shape index (κ3) is 5.45. The normalized spacial score (nSPS) is 12.7. The van der Waals surface area contributed by atoms with Gasteiger partial charge in [-0.3, -0.25) is 9.59 Å². The number of hydrogen-bond donors (Lipinski definition) is 0. The third-order valence-corrected chi connectivity index (χ3v) is 5.86. The van der Waals surface area contributed by atoms with Crippen LogP contribution in [0.5, 0.6) is 5.75 Å². The Morgan fingerprint density at radius 2 is 1.85 bits per heavy atom. The molecule has 0 radical (unpaired) electrons. The fourth-order valence-electron chi connectivity index (χ4n) is 4.19. The van der Waals surface area contributed by atoms with Gasteiger partial charge in [0.1, 0.15) is 18.2 Å². The van der Waals surface area contributed by atoms with Crippen LogP contribution in [0, 0.1) is 5.82 Å². The Balaban J connectivity index is 1.49. The van der Waals surface area contributed by atoms with Gasteiger partial charge < -0.3 is 14.4 Å². The summed E-state index contributed by atoms with van der Waals surface area (Å²) in [5.74, 6) is -0.165. The highest BCUT2D eigenvalue weighted by Gasteiger charge is 2.27. The average molecular weight is 462 g/mol. The van der Waals surface area contributed by atoms with Crippen LogP contribution in [0.4, 0.5) is 10.1 Å². The van der Waals surface area contributed by atoms with Gasteiger partial charge in [-0.15, -0.1) is 0 Å². The molecule has 0 aliphatic carbocycles. The lowest BCUT2D eigenvalue weighted by molar-refractivity contribution is -0.143. The summed E-state index contributed by atoms with van der Waals surface area (Å²) in [6.45, 7) is 2.84. The second-order valence-corrected chi connectivity index (χ2v) is 8.21. The van der Waals surface area contributed by atoms with Gasteiger partial charge in [-0.25, -0.2) is 4.39 Å². The van der Waals surface area contributed by atoms with E-state index in [1.807, 2.05) is 48.5 Å². The summed E-state index contributed by atoms with van der Waals surface area (Å²) in [5.41, 5.74) is 3.62. The number of benzene rings is 3. The Kier molecular flexibility index (Phi) is 7.58. The van der Waals surface area contributed by atoms with Crippen molar-refractivity contribution in [1.82, 2.24) is 0 Å². The van der Waals surface area contributed by atoms with Crippen molar-refractivity contribution in [2.75, 3.05) is 18.1 Å². The maximum Gasteiger partial charge on any atom is 0.306 e. The number of nitrogens with zero attached hydrogens (tertiary/aromatic N) is 1. The first kappa shape index (κ1) is 23.5. The minimum atomic E-state index is -0.374. The summed E-state index contributed by atoms with van der Waals surface area (Å²) >= 11 is 0. The first-order chi connectivity index (χ1) is 16.6. The smallest absolute Gasteiger partial charge is 0.306 e. The van der Waals surface area contributed by atoms with Crippen LogP contribution in [-0.4, -0.2) is 25.0 Å². The predicted octanol–water partition coefficient (Wildman–Crippen LogP) is 5.49. The number of carbonyl (C=O) groups is 2. The zero-order valence-corrected chi connectivity index (χ0v) is 19.3. The third-order valence-electron chi connectivity index (χ3n) is 5.86. The molecule has 4 rings (SSSR count). The van der Waals surface area contributed by atoms with Gasteiger partial charge in [-0.05, 0) is 67.1 Å². The van der Waals surface area contributed by atoms with Gasteiger partial charge in [0.05, 0.1) is 12.3 Å². The van der Waals surface area contributed by atoms with Crippen LogP contribution in [0.25, 0.3) is 0 Å². The largest absolute Gasteiger partial charge is 0.487 e. The van der Waals surface area contributed by atoms with E-state index in [1.165, 1.54) is 6.07 Å². The summed E-state index contributed by atoms with van der Waals surface area (Å²) in [6.07, 6.45) is 2.18. The van der Waals surface area contributed by atoms with E-state index in [-0.39, 0.29) is 37.1 Å². The van der Waals surface area contributed by atoms with E-state index in [9.17, 15) is 14.0 Å². The van der Waals surface area contributed by atoms with Gasteiger partial charge in [0.15, 0.2) is 0 Å². The van der Waals surface area contributed by atoms with Crippen LogP contribution >= 0.6 is 0 Å². The molecule has 0 fully saturated rings. The van der Waals surface area contributed by atoms with Crippen molar-refractivity contribution >= 4 is 17.6 Å². The molecule has 34 heavy (non-hydrogen) atoms. The second-order valence-electron chi connectivity index (χ2n) is 8.21. The van der Waals surface area contributed by atoms with Gasteiger partial charge in [0, 0.05) is 18.5 Å². The van der Waals surface area contributed by atoms with Crippen LogP contribution in [0.15, 0.2) is 66.7 Å². The molecule has 0 saturated carbocycles. The van der Waals surface area contributed by atoms with E-state index < -0.39 is 0 Å². The molecule has 3 aromatic rings. The Bertz CT molecular complexity index is 1160. The summed E-state index contributed by atoms with van der Waals surface area (Å²) in [5, 5.41) is 0. The fourth-order valence-corrected chi connectivity index (χ4v) is 4.19. The summed E-state index contributed by atoms with van der Waals surface area (Å²) in [4.78, 5) is 26.5. The van der Waals surface area contributed by atoms with Crippen LogP contribution < -0.4 is 9.64 Å². The summed E-state index contributed by atoms with van der Waals surface area (Å²) in [7, 11) is 0. The number of esters is 1. The molecule has 0 spiro atoms. The number of halogens is 1. The minimum Gasteiger partial charge on any atom is -0.487 e. The number of ether oxygens (including phenoxy) is 2. The van der Waals surface area contributed by atoms with E-state index in [2.05, 4.69) is 0 Å². The fraction of sp³-hybridized carbons (Fsp3) is 0.286. The molecule has 0 saturated heterocycles. The van der Waals surface area contributed by atoms with Crippen molar-refractivity contribution in [1.29, 1.82) is 0 Å². The Hall–Kier alpha value is -3.67. The van der Waals surface area contributed by atoms with E-state index in [0.29, 0.717) is 35.6 Å². The maximum atomic E-state index is 14.6. The number of aryl methyl sites for hydroxylation is 2.